The summed E-state index contributed by atoms with van der Waals surface area (Å²) in [6.07, 6.45) is 0.740. The van der Waals surface area contributed by atoms with E-state index in [0.717, 1.165) is 17.7 Å². The quantitative estimate of drug-likeness (QED) is 0.440. The summed E-state index contributed by atoms with van der Waals surface area (Å²) in [5.74, 6) is -1.18. The maximum atomic E-state index is 14.4. The largest absolute Gasteiger partial charge is 0.494 e. The van der Waals surface area contributed by atoms with Gasteiger partial charge in [0.2, 0.25) is 17.7 Å². The average molecular weight is 552 g/mol. The molecule has 39 heavy (non-hydrogen) atoms. The van der Waals surface area contributed by atoms with Crippen LogP contribution in [0.4, 0.5) is 5.69 Å². The van der Waals surface area contributed by atoms with Crippen LogP contribution in [0.3, 0.4) is 0 Å². The number of benzene rings is 2. The van der Waals surface area contributed by atoms with Gasteiger partial charge in [-0.2, -0.15) is 0 Å². The van der Waals surface area contributed by atoms with E-state index in [9.17, 15) is 19.5 Å². The summed E-state index contributed by atoms with van der Waals surface area (Å²) in [6.45, 7) is 8.01. The lowest BCUT2D eigenvalue weighted by atomic mass is 9.65. The molecule has 3 N–H and O–H groups in total. The van der Waals surface area contributed by atoms with Crippen molar-refractivity contribution < 1.29 is 24.2 Å². The Balaban J connectivity index is 1.52. The van der Waals surface area contributed by atoms with Gasteiger partial charge in [0, 0.05) is 17.0 Å². The molecule has 3 fully saturated rings. The summed E-state index contributed by atoms with van der Waals surface area (Å²) in [4.78, 5) is 43.7. The molecule has 8 nitrogen and oxygen atoms in total. The van der Waals surface area contributed by atoms with Gasteiger partial charge in [0.05, 0.1) is 35.8 Å². The second-order valence-electron chi connectivity index (χ2n) is 11.0. The van der Waals surface area contributed by atoms with E-state index in [4.69, 9.17) is 4.74 Å². The van der Waals surface area contributed by atoms with Gasteiger partial charge in [-0.3, -0.25) is 14.4 Å². The van der Waals surface area contributed by atoms with Crippen molar-refractivity contribution in [3.05, 3.63) is 60.2 Å². The monoisotopic (exact) mass is 551 g/mol. The number of ether oxygens (including phenoxy) is 1. The van der Waals surface area contributed by atoms with E-state index in [2.05, 4.69) is 17.6 Å². The SMILES string of the molecule is CCOc1ccc(NC(=O)[C@@H]2[C@@H]3CC(C)C4(S3)C(C(=O)NC(C)C)N([C@H](CO)c3ccccc3)C(=O)[C@H]24)cc1. The number of amides is 3. The number of aliphatic hydroxyl groups excluding tert-OH is 1. The Bertz CT molecular complexity index is 1220. The van der Waals surface area contributed by atoms with E-state index in [1.807, 2.05) is 51.1 Å². The fraction of sp³-hybridized carbons (Fsp3) is 0.500. The van der Waals surface area contributed by atoms with Gasteiger partial charge in [-0.25, -0.2) is 0 Å². The van der Waals surface area contributed by atoms with Crippen molar-refractivity contribution in [1.82, 2.24) is 10.2 Å². The standard InChI is InChI=1S/C30H37N3O5S/c1-5-38-21-13-11-20(12-14-21)32-27(35)24-23-15-18(4)30(39-23)25(24)29(37)33(26(30)28(36)31-17(2)3)22(16-34)19-9-7-6-8-10-19/h6-14,17-18,22-26,34H,5,15-16H2,1-4H3,(H,31,36)(H,32,35)/t18?,22-,23+,24-,25+,26?,30?/m1/s1. The molecule has 5 rings (SSSR count). The lowest BCUT2D eigenvalue weighted by Crippen LogP contribution is -2.57. The van der Waals surface area contributed by atoms with E-state index in [1.165, 1.54) is 0 Å². The van der Waals surface area contributed by atoms with Crippen LogP contribution in [0.15, 0.2) is 54.6 Å². The van der Waals surface area contributed by atoms with Crippen LogP contribution in [0.2, 0.25) is 0 Å². The van der Waals surface area contributed by atoms with Gasteiger partial charge in [0.25, 0.3) is 0 Å². The van der Waals surface area contributed by atoms with Gasteiger partial charge in [-0.05, 0) is 62.9 Å². The second-order valence-corrected chi connectivity index (χ2v) is 12.6. The Morgan fingerprint density at radius 3 is 2.44 bits per heavy atom. The minimum atomic E-state index is -0.803. The van der Waals surface area contributed by atoms with E-state index >= 15 is 0 Å². The zero-order valence-corrected chi connectivity index (χ0v) is 23.6. The fourth-order valence-electron chi connectivity index (χ4n) is 6.81. The van der Waals surface area contributed by atoms with E-state index in [1.54, 1.807) is 40.9 Å². The highest BCUT2D eigenvalue weighted by atomic mass is 32.2. The van der Waals surface area contributed by atoms with Crippen LogP contribution < -0.4 is 15.4 Å². The van der Waals surface area contributed by atoms with Crippen LogP contribution in [-0.4, -0.2) is 63.0 Å². The number of nitrogens with one attached hydrogen (secondary N) is 2. The first-order valence-electron chi connectivity index (χ1n) is 13.7. The van der Waals surface area contributed by atoms with Crippen molar-refractivity contribution in [3.63, 3.8) is 0 Å². The summed E-state index contributed by atoms with van der Waals surface area (Å²) in [5, 5.41) is 16.5. The van der Waals surface area contributed by atoms with Crippen molar-refractivity contribution in [2.45, 2.75) is 62.2 Å². The van der Waals surface area contributed by atoms with Gasteiger partial charge in [0.15, 0.2) is 0 Å². The molecule has 3 amide bonds. The number of carbonyl (C=O) groups excluding carboxylic acids is 3. The van der Waals surface area contributed by atoms with E-state index in [0.29, 0.717) is 12.3 Å². The number of fused-ring (bicyclic) bond motifs is 1. The molecule has 2 aromatic carbocycles. The highest BCUT2D eigenvalue weighted by Crippen LogP contribution is 2.69. The van der Waals surface area contributed by atoms with Crippen LogP contribution in [-0.2, 0) is 14.4 Å². The zero-order chi connectivity index (χ0) is 27.9. The predicted molar refractivity (Wildman–Crippen MR) is 151 cm³/mol. The van der Waals surface area contributed by atoms with Gasteiger partial charge in [-0.1, -0.05) is 37.3 Å². The molecule has 1 spiro atoms. The minimum Gasteiger partial charge on any atom is -0.494 e. The average Bonchev–Trinajstić information content (AvgIpc) is 3.50. The number of carbonyl (C=O) groups is 3. The van der Waals surface area contributed by atoms with Crippen molar-refractivity contribution >= 4 is 35.2 Å². The number of hydrogen-bond acceptors (Lipinski definition) is 6. The van der Waals surface area contributed by atoms with Crippen LogP contribution in [0.25, 0.3) is 0 Å². The molecule has 0 radical (unpaired) electrons. The van der Waals surface area contributed by atoms with E-state index in [-0.39, 0.29) is 41.5 Å². The number of anilines is 1. The molecular formula is C30H37N3O5S. The molecule has 9 heteroatoms. The number of likely N-dealkylation sites (tertiary alicyclic amines) is 1. The van der Waals surface area contributed by atoms with Gasteiger partial charge >= 0.3 is 0 Å². The lowest BCUT2D eigenvalue weighted by Gasteiger charge is -2.40. The summed E-state index contributed by atoms with van der Waals surface area (Å²) in [7, 11) is 0. The number of nitrogens with zero attached hydrogens (tertiary/aromatic N) is 1. The maximum Gasteiger partial charge on any atom is 0.244 e. The molecule has 208 valence electrons. The third-order valence-electron chi connectivity index (χ3n) is 8.29. The molecule has 2 aromatic rings. The Kier molecular flexibility index (Phi) is 7.66. The summed E-state index contributed by atoms with van der Waals surface area (Å²) in [5.41, 5.74) is 1.39. The molecule has 3 aliphatic rings. The number of aliphatic hydroxyl groups is 1. The third kappa shape index (κ3) is 4.59. The highest BCUT2D eigenvalue weighted by molar-refractivity contribution is 8.02. The molecular weight excluding hydrogens is 514 g/mol. The molecule has 7 atom stereocenters. The van der Waals surface area contributed by atoms with Crippen LogP contribution >= 0.6 is 11.8 Å². The van der Waals surface area contributed by atoms with Crippen LogP contribution in [0.1, 0.15) is 45.7 Å². The van der Waals surface area contributed by atoms with Crippen molar-refractivity contribution in [3.8, 4) is 5.75 Å². The second kappa shape index (κ2) is 10.8. The third-order valence-corrected chi connectivity index (χ3v) is 10.4. The minimum absolute atomic E-state index is 0.0407. The Morgan fingerprint density at radius 2 is 1.82 bits per heavy atom. The Morgan fingerprint density at radius 1 is 1.13 bits per heavy atom. The van der Waals surface area contributed by atoms with Gasteiger partial charge in [-0.15, -0.1) is 11.8 Å². The Hall–Kier alpha value is -3.04. The number of rotatable bonds is 9. The van der Waals surface area contributed by atoms with Crippen molar-refractivity contribution in [2.75, 3.05) is 18.5 Å². The predicted octanol–water partition coefficient (Wildman–Crippen LogP) is 3.62. The molecule has 3 aliphatic heterocycles. The number of thioether (sulfide) groups is 1. The normalized spacial score (nSPS) is 29.8. The van der Waals surface area contributed by atoms with Crippen LogP contribution in [0.5, 0.6) is 5.75 Å². The first kappa shape index (κ1) is 27.5. The van der Waals surface area contributed by atoms with E-state index < -0.39 is 28.7 Å². The van der Waals surface area contributed by atoms with Crippen LogP contribution in [0, 0.1) is 17.8 Å². The fourth-order valence-corrected chi connectivity index (χ4v) is 9.22. The lowest BCUT2D eigenvalue weighted by molar-refractivity contribution is -0.142. The first-order chi connectivity index (χ1) is 18.7. The van der Waals surface area contributed by atoms with Crippen molar-refractivity contribution in [2.24, 2.45) is 17.8 Å². The molecule has 3 saturated heterocycles. The molecule has 3 unspecified atom stereocenters. The topological polar surface area (TPSA) is 108 Å². The molecule has 0 aliphatic carbocycles. The maximum absolute atomic E-state index is 14.4. The molecule has 0 saturated carbocycles. The summed E-state index contributed by atoms with van der Waals surface area (Å²) >= 11 is 1.62. The summed E-state index contributed by atoms with van der Waals surface area (Å²) < 4.78 is 4.75. The smallest absolute Gasteiger partial charge is 0.244 e. The summed E-state index contributed by atoms with van der Waals surface area (Å²) in [6, 6.07) is 14.9. The number of hydrogen-bond donors (Lipinski definition) is 3. The first-order valence-corrected chi connectivity index (χ1v) is 14.6. The highest BCUT2D eigenvalue weighted by Gasteiger charge is 2.76. The Labute approximate surface area is 233 Å². The zero-order valence-electron chi connectivity index (χ0n) is 22.8. The molecule has 2 bridgehead atoms. The molecule has 0 aromatic heterocycles. The molecule has 3 heterocycles. The van der Waals surface area contributed by atoms with Gasteiger partial charge < -0.3 is 25.4 Å². The van der Waals surface area contributed by atoms with Gasteiger partial charge in [0.1, 0.15) is 11.8 Å². The van der Waals surface area contributed by atoms with Crippen molar-refractivity contribution in [1.29, 1.82) is 0 Å².